The number of nitrogens with zero attached hydrogens (tertiary/aromatic N) is 1. The Labute approximate surface area is 210 Å². The fraction of sp³-hybridized carbons (Fsp3) is 0.310. The van der Waals surface area contributed by atoms with Crippen molar-refractivity contribution in [3.8, 4) is 22.8 Å². The molecule has 4 aromatic rings. The molecule has 0 bridgehead atoms. The fourth-order valence-corrected chi connectivity index (χ4v) is 4.20. The van der Waals surface area contributed by atoms with Gasteiger partial charge in [-0.15, -0.1) is 0 Å². The van der Waals surface area contributed by atoms with Crippen LogP contribution in [0, 0.1) is 13.8 Å². The average Bonchev–Trinajstić information content (AvgIpc) is 3.26. The van der Waals surface area contributed by atoms with Gasteiger partial charge in [0.05, 0.1) is 30.6 Å². The summed E-state index contributed by atoms with van der Waals surface area (Å²) >= 11 is 0. The summed E-state index contributed by atoms with van der Waals surface area (Å²) in [6.07, 6.45) is 2.26. The number of Topliss-reactive ketones (excluding diaryl/α,β-unsaturated/α-hetero) is 1. The molecule has 2 aromatic carbocycles. The SMILES string of the molecule is COc1cc(C(=O)CCC(C)(O)c2cc3c(C)c[nH]c3c(-c3ccc(C)cc3)n2)ccc1OCCO. The normalized spacial score (nSPS) is 12.9. The number of benzene rings is 2. The van der Waals surface area contributed by atoms with Gasteiger partial charge in [0.2, 0.25) is 0 Å². The second-order valence-electron chi connectivity index (χ2n) is 9.25. The highest BCUT2D eigenvalue weighted by Gasteiger charge is 2.28. The highest BCUT2D eigenvalue weighted by molar-refractivity contribution is 5.97. The number of aliphatic hydroxyl groups excluding tert-OH is 1. The number of ketones is 1. The van der Waals surface area contributed by atoms with E-state index in [1.54, 1.807) is 25.1 Å². The summed E-state index contributed by atoms with van der Waals surface area (Å²) in [5.41, 5.74) is 4.52. The summed E-state index contributed by atoms with van der Waals surface area (Å²) in [4.78, 5) is 21.2. The number of rotatable bonds is 10. The number of ether oxygens (including phenoxy) is 2. The number of H-pyrrole nitrogens is 1. The molecule has 188 valence electrons. The molecule has 36 heavy (non-hydrogen) atoms. The maximum atomic E-state index is 13.0. The van der Waals surface area contributed by atoms with Crippen molar-refractivity contribution >= 4 is 16.7 Å². The summed E-state index contributed by atoms with van der Waals surface area (Å²) in [7, 11) is 1.50. The Morgan fingerprint density at radius 1 is 1.08 bits per heavy atom. The lowest BCUT2D eigenvalue weighted by atomic mass is 9.91. The first-order valence-electron chi connectivity index (χ1n) is 12.0. The van der Waals surface area contributed by atoms with Crippen molar-refractivity contribution in [2.24, 2.45) is 0 Å². The average molecular weight is 489 g/mol. The molecule has 3 N–H and O–H groups in total. The minimum atomic E-state index is -1.32. The number of aliphatic hydroxyl groups is 2. The van der Waals surface area contributed by atoms with E-state index >= 15 is 0 Å². The van der Waals surface area contributed by atoms with Crippen molar-refractivity contribution in [3.63, 3.8) is 0 Å². The standard InChI is InChI=1S/C29H32N2O5/c1-18-5-7-20(8-6-18)27-28-22(19(2)17-30-28)16-26(31-27)29(3,34)12-11-23(33)21-9-10-24(36-14-13-32)25(15-21)35-4/h5-10,15-17,30,32,34H,11-14H2,1-4H3. The molecule has 4 rings (SSSR count). The Kier molecular flexibility index (Phi) is 7.43. The highest BCUT2D eigenvalue weighted by Crippen LogP contribution is 2.35. The van der Waals surface area contributed by atoms with Crippen LogP contribution in [0.2, 0.25) is 0 Å². The molecule has 0 amide bonds. The van der Waals surface area contributed by atoms with Crippen LogP contribution in [-0.4, -0.2) is 46.3 Å². The van der Waals surface area contributed by atoms with Crippen LogP contribution in [0.3, 0.4) is 0 Å². The molecule has 1 unspecified atom stereocenters. The highest BCUT2D eigenvalue weighted by atomic mass is 16.5. The molecule has 2 heterocycles. The number of hydrogen-bond donors (Lipinski definition) is 3. The van der Waals surface area contributed by atoms with Gasteiger partial charge in [0.15, 0.2) is 17.3 Å². The van der Waals surface area contributed by atoms with Crippen molar-refractivity contribution < 1.29 is 24.5 Å². The van der Waals surface area contributed by atoms with E-state index in [0.29, 0.717) is 22.8 Å². The first kappa shape index (κ1) is 25.4. The quantitative estimate of drug-likeness (QED) is 0.268. The summed E-state index contributed by atoms with van der Waals surface area (Å²) in [6, 6.07) is 15.0. The van der Waals surface area contributed by atoms with E-state index in [9.17, 15) is 9.90 Å². The van der Waals surface area contributed by atoms with Gasteiger partial charge < -0.3 is 24.7 Å². The third kappa shape index (κ3) is 5.27. The van der Waals surface area contributed by atoms with E-state index in [2.05, 4.69) is 4.98 Å². The van der Waals surface area contributed by atoms with Gasteiger partial charge in [-0.25, -0.2) is 4.98 Å². The van der Waals surface area contributed by atoms with Gasteiger partial charge in [-0.1, -0.05) is 29.8 Å². The van der Waals surface area contributed by atoms with Crippen molar-refractivity contribution in [3.05, 3.63) is 77.1 Å². The van der Waals surface area contributed by atoms with Crippen LogP contribution in [0.5, 0.6) is 11.5 Å². The maximum absolute atomic E-state index is 13.0. The minimum absolute atomic E-state index is 0.118. The van der Waals surface area contributed by atoms with Crippen LogP contribution in [0.25, 0.3) is 22.2 Å². The lowest BCUT2D eigenvalue weighted by Gasteiger charge is -2.24. The summed E-state index contributed by atoms with van der Waals surface area (Å²) < 4.78 is 10.8. The van der Waals surface area contributed by atoms with Gasteiger partial charge in [0.1, 0.15) is 12.2 Å². The van der Waals surface area contributed by atoms with Gasteiger partial charge in [-0.3, -0.25) is 4.79 Å². The molecule has 1 atom stereocenters. The zero-order valence-electron chi connectivity index (χ0n) is 21.1. The van der Waals surface area contributed by atoms with Gasteiger partial charge in [-0.2, -0.15) is 0 Å². The molecule has 0 aliphatic carbocycles. The smallest absolute Gasteiger partial charge is 0.163 e. The Morgan fingerprint density at radius 2 is 1.83 bits per heavy atom. The van der Waals surface area contributed by atoms with E-state index < -0.39 is 5.60 Å². The van der Waals surface area contributed by atoms with Crippen molar-refractivity contribution in [1.29, 1.82) is 0 Å². The molecular formula is C29H32N2O5. The lowest BCUT2D eigenvalue weighted by Crippen LogP contribution is -2.24. The van der Waals surface area contributed by atoms with Gasteiger partial charge in [0.25, 0.3) is 0 Å². The molecule has 0 saturated heterocycles. The zero-order valence-corrected chi connectivity index (χ0v) is 21.1. The third-order valence-electron chi connectivity index (χ3n) is 6.43. The summed E-state index contributed by atoms with van der Waals surface area (Å²) in [5, 5.41) is 21.4. The predicted octanol–water partition coefficient (Wildman–Crippen LogP) is 5.10. The van der Waals surface area contributed by atoms with Crippen LogP contribution >= 0.6 is 0 Å². The van der Waals surface area contributed by atoms with Gasteiger partial charge in [0, 0.05) is 29.1 Å². The molecule has 0 fully saturated rings. The molecule has 0 aliphatic rings. The number of aromatic amines is 1. The van der Waals surface area contributed by atoms with E-state index in [-0.39, 0.29) is 31.8 Å². The Hall–Kier alpha value is -3.68. The van der Waals surface area contributed by atoms with Crippen molar-refractivity contribution in [1.82, 2.24) is 9.97 Å². The fourth-order valence-electron chi connectivity index (χ4n) is 4.20. The number of fused-ring (bicyclic) bond motifs is 1. The number of aryl methyl sites for hydroxylation is 2. The third-order valence-corrected chi connectivity index (χ3v) is 6.43. The molecule has 0 saturated carbocycles. The van der Waals surface area contributed by atoms with Crippen LogP contribution < -0.4 is 9.47 Å². The number of carbonyl (C=O) groups is 1. The number of pyridine rings is 1. The number of hydrogen-bond acceptors (Lipinski definition) is 6. The monoisotopic (exact) mass is 488 g/mol. The first-order valence-corrected chi connectivity index (χ1v) is 12.0. The molecule has 0 aliphatic heterocycles. The molecule has 0 radical (unpaired) electrons. The molecule has 7 nitrogen and oxygen atoms in total. The van der Waals surface area contributed by atoms with Crippen LogP contribution in [0.4, 0.5) is 0 Å². The Bertz CT molecular complexity index is 1370. The maximum Gasteiger partial charge on any atom is 0.163 e. The number of methoxy groups -OCH3 is 1. The largest absolute Gasteiger partial charge is 0.493 e. The van der Waals surface area contributed by atoms with Crippen LogP contribution in [0.15, 0.2) is 54.7 Å². The summed E-state index contributed by atoms with van der Waals surface area (Å²) in [6.45, 7) is 5.76. The second-order valence-corrected chi connectivity index (χ2v) is 9.25. The molecule has 2 aromatic heterocycles. The first-order chi connectivity index (χ1) is 17.2. The minimum Gasteiger partial charge on any atom is -0.493 e. The molecule has 0 spiro atoms. The van der Waals surface area contributed by atoms with E-state index in [0.717, 1.165) is 33.3 Å². The molecule has 7 heteroatoms. The Balaban J connectivity index is 1.59. The number of nitrogens with one attached hydrogen (secondary N) is 1. The van der Waals surface area contributed by atoms with Gasteiger partial charge >= 0.3 is 0 Å². The zero-order chi connectivity index (χ0) is 25.9. The second kappa shape index (κ2) is 10.5. The summed E-state index contributed by atoms with van der Waals surface area (Å²) in [5.74, 6) is 0.747. The predicted molar refractivity (Wildman–Crippen MR) is 140 cm³/mol. The molecular weight excluding hydrogens is 456 g/mol. The van der Waals surface area contributed by atoms with Crippen molar-refractivity contribution in [2.75, 3.05) is 20.3 Å². The van der Waals surface area contributed by atoms with Crippen LogP contribution in [0.1, 0.15) is 46.9 Å². The Morgan fingerprint density at radius 3 is 2.53 bits per heavy atom. The van der Waals surface area contributed by atoms with Gasteiger partial charge in [-0.05, 0) is 57.0 Å². The number of aromatic nitrogens is 2. The van der Waals surface area contributed by atoms with E-state index in [4.69, 9.17) is 19.6 Å². The van der Waals surface area contributed by atoms with Crippen LogP contribution in [-0.2, 0) is 5.60 Å². The van der Waals surface area contributed by atoms with Crippen molar-refractivity contribution in [2.45, 2.75) is 39.2 Å². The topological polar surface area (TPSA) is 105 Å². The number of carbonyl (C=O) groups excluding carboxylic acids is 1. The van der Waals surface area contributed by atoms with E-state index in [1.807, 2.05) is 50.4 Å². The lowest BCUT2D eigenvalue weighted by molar-refractivity contribution is 0.0399. The van der Waals surface area contributed by atoms with E-state index in [1.165, 1.54) is 7.11 Å².